The predicted octanol–water partition coefficient (Wildman–Crippen LogP) is 4.01. The number of thiazole rings is 1. The Bertz CT molecular complexity index is 985. The summed E-state index contributed by atoms with van der Waals surface area (Å²) in [7, 11) is 1.99. The summed E-state index contributed by atoms with van der Waals surface area (Å²) in [5.41, 5.74) is 2.02. The number of nitrogens with one attached hydrogen (secondary N) is 1. The number of benzene rings is 1. The van der Waals surface area contributed by atoms with Gasteiger partial charge in [0, 0.05) is 18.6 Å². The third-order valence-electron chi connectivity index (χ3n) is 3.49. The Morgan fingerprint density at radius 3 is 2.87 bits per heavy atom. The molecule has 0 radical (unpaired) electrons. The van der Waals surface area contributed by atoms with Crippen LogP contribution in [-0.2, 0) is 7.05 Å². The fraction of sp³-hybridized carbons (Fsp3) is 0.0625. The molecule has 0 bridgehead atoms. The zero-order valence-electron chi connectivity index (χ0n) is 12.2. The second-order valence-electron chi connectivity index (χ2n) is 4.94. The Balaban J connectivity index is 1.66. The van der Waals surface area contributed by atoms with E-state index in [1.165, 1.54) is 22.7 Å². The van der Waals surface area contributed by atoms with Gasteiger partial charge in [0.15, 0.2) is 11.0 Å². The molecule has 0 aliphatic carbocycles. The van der Waals surface area contributed by atoms with E-state index >= 15 is 0 Å². The van der Waals surface area contributed by atoms with Gasteiger partial charge in [-0.2, -0.15) is 0 Å². The predicted molar refractivity (Wildman–Crippen MR) is 94.1 cm³/mol. The number of carbonyl (C=O) groups is 1. The minimum Gasteiger partial charge on any atom is -0.326 e. The summed E-state index contributed by atoms with van der Waals surface area (Å²) >= 11 is 2.83. The van der Waals surface area contributed by atoms with Crippen LogP contribution in [0.5, 0.6) is 0 Å². The highest BCUT2D eigenvalue weighted by molar-refractivity contribution is 7.17. The second kappa shape index (κ2) is 5.60. The Hall–Kier alpha value is -2.51. The third kappa shape index (κ3) is 2.54. The van der Waals surface area contributed by atoms with E-state index in [0.29, 0.717) is 10.0 Å². The van der Waals surface area contributed by atoms with Crippen LogP contribution in [-0.4, -0.2) is 20.4 Å². The molecule has 7 heteroatoms. The van der Waals surface area contributed by atoms with Crippen molar-refractivity contribution >= 4 is 44.7 Å². The average molecular weight is 340 g/mol. The van der Waals surface area contributed by atoms with Crippen LogP contribution >= 0.6 is 22.7 Å². The number of nitrogens with zero attached hydrogens (tertiary/aromatic N) is 3. The molecule has 0 aliphatic rings. The van der Waals surface area contributed by atoms with E-state index in [-0.39, 0.29) is 5.91 Å². The molecule has 3 heterocycles. The number of thiophene rings is 1. The first-order chi connectivity index (χ1) is 11.2. The lowest BCUT2D eigenvalue weighted by Gasteiger charge is -1.99. The number of anilines is 1. The standard InChI is InChI=1S/C16H12N4OS2/c1-20-11-5-3-2-4-10(11)18-14(20)12-6-7-13(23-12)15(21)19-16-17-8-9-22-16/h2-9H,1H3,(H,17,19,21). The third-order valence-corrected chi connectivity index (χ3v) is 5.26. The maximum absolute atomic E-state index is 12.3. The smallest absolute Gasteiger partial charge is 0.267 e. The maximum Gasteiger partial charge on any atom is 0.267 e. The minimum atomic E-state index is -0.144. The van der Waals surface area contributed by atoms with Crippen molar-refractivity contribution < 1.29 is 4.79 Å². The van der Waals surface area contributed by atoms with Crippen molar-refractivity contribution in [2.45, 2.75) is 0 Å². The first kappa shape index (κ1) is 14.1. The van der Waals surface area contributed by atoms with Crippen molar-refractivity contribution in [3.63, 3.8) is 0 Å². The first-order valence-electron chi connectivity index (χ1n) is 6.95. The molecule has 0 fully saturated rings. The lowest BCUT2D eigenvalue weighted by atomic mass is 10.3. The topological polar surface area (TPSA) is 59.8 Å². The molecule has 3 aromatic heterocycles. The van der Waals surface area contributed by atoms with Gasteiger partial charge in [0.1, 0.15) is 0 Å². The average Bonchev–Trinajstić information content (AvgIpc) is 3.28. The normalized spacial score (nSPS) is 11.0. The SMILES string of the molecule is Cn1c(-c2ccc(C(=O)Nc3nccs3)s2)nc2ccccc21. The van der Waals surface area contributed by atoms with Crippen molar-refractivity contribution in [3.05, 3.63) is 52.9 Å². The second-order valence-corrected chi connectivity index (χ2v) is 6.92. The summed E-state index contributed by atoms with van der Waals surface area (Å²) in [6.07, 6.45) is 1.67. The van der Waals surface area contributed by atoms with E-state index in [9.17, 15) is 4.79 Å². The van der Waals surface area contributed by atoms with Gasteiger partial charge in [-0.3, -0.25) is 10.1 Å². The molecule has 114 valence electrons. The van der Waals surface area contributed by atoms with Crippen LogP contribution in [0.15, 0.2) is 48.0 Å². The van der Waals surface area contributed by atoms with Crippen LogP contribution in [0.2, 0.25) is 0 Å². The molecule has 0 aliphatic heterocycles. The zero-order valence-corrected chi connectivity index (χ0v) is 13.8. The van der Waals surface area contributed by atoms with Crippen molar-refractivity contribution in [2.75, 3.05) is 5.32 Å². The minimum absolute atomic E-state index is 0.144. The summed E-state index contributed by atoms with van der Waals surface area (Å²) in [5, 5.41) is 5.23. The van der Waals surface area contributed by atoms with Crippen LogP contribution in [0.25, 0.3) is 21.7 Å². The Morgan fingerprint density at radius 1 is 1.22 bits per heavy atom. The van der Waals surface area contributed by atoms with Gasteiger partial charge in [-0.15, -0.1) is 22.7 Å². The molecule has 23 heavy (non-hydrogen) atoms. The number of rotatable bonds is 3. The fourth-order valence-electron chi connectivity index (χ4n) is 2.39. The maximum atomic E-state index is 12.3. The van der Waals surface area contributed by atoms with Crippen LogP contribution in [0, 0.1) is 0 Å². The van der Waals surface area contributed by atoms with Gasteiger partial charge in [-0.05, 0) is 24.3 Å². The Morgan fingerprint density at radius 2 is 2.09 bits per heavy atom. The van der Waals surface area contributed by atoms with Gasteiger partial charge in [0.25, 0.3) is 5.91 Å². The summed E-state index contributed by atoms with van der Waals surface area (Å²) in [4.78, 5) is 22.6. The van der Waals surface area contributed by atoms with Crippen molar-refractivity contribution in [2.24, 2.45) is 7.05 Å². The molecule has 1 amide bonds. The molecule has 0 unspecified atom stereocenters. The lowest BCUT2D eigenvalue weighted by Crippen LogP contribution is -2.09. The molecule has 0 spiro atoms. The summed E-state index contributed by atoms with van der Waals surface area (Å²) < 4.78 is 2.05. The van der Waals surface area contributed by atoms with Crippen LogP contribution in [0.1, 0.15) is 9.67 Å². The van der Waals surface area contributed by atoms with Crippen LogP contribution in [0.4, 0.5) is 5.13 Å². The number of imidazole rings is 1. The zero-order chi connectivity index (χ0) is 15.8. The number of aromatic nitrogens is 3. The monoisotopic (exact) mass is 340 g/mol. The van der Waals surface area contributed by atoms with Gasteiger partial charge < -0.3 is 4.57 Å². The number of fused-ring (bicyclic) bond motifs is 1. The highest BCUT2D eigenvalue weighted by Gasteiger charge is 2.15. The molecular weight excluding hydrogens is 328 g/mol. The summed E-state index contributed by atoms with van der Waals surface area (Å²) in [6, 6.07) is 11.7. The molecule has 1 aromatic carbocycles. The molecular formula is C16H12N4OS2. The van der Waals surface area contributed by atoms with E-state index in [1.807, 2.05) is 53.4 Å². The molecule has 5 nitrogen and oxygen atoms in total. The van der Waals surface area contributed by atoms with Crippen molar-refractivity contribution in [1.82, 2.24) is 14.5 Å². The van der Waals surface area contributed by atoms with E-state index in [1.54, 1.807) is 6.20 Å². The van der Waals surface area contributed by atoms with Crippen LogP contribution in [0.3, 0.4) is 0 Å². The summed E-state index contributed by atoms with van der Waals surface area (Å²) in [5.74, 6) is 0.722. The van der Waals surface area contributed by atoms with Gasteiger partial charge >= 0.3 is 0 Å². The van der Waals surface area contributed by atoms with Crippen molar-refractivity contribution in [3.8, 4) is 10.7 Å². The highest BCUT2D eigenvalue weighted by atomic mass is 32.1. The first-order valence-corrected chi connectivity index (χ1v) is 8.64. The van der Waals surface area contributed by atoms with Gasteiger partial charge in [-0.1, -0.05) is 12.1 Å². The van der Waals surface area contributed by atoms with E-state index < -0.39 is 0 Å². The van der Waals surface area contributed by atoms with Crippen LogP contribution < -0.4 is 5.32 Å². The van der Waals surface area contributed by atoms with Gasteiger partial charge in [0.05, 0.1) is 20.8 Å². The highest BCUT2D eigenvalue weighted by Crippen LogP contribution is 2.30. The summed E-state index contributed by atoms with van der Waals surface area (Å²) in [6.45, 7) is 0. The number of hydrogen-bond acceptors (Lipinski definition) is 5. The largest absolute Gasteiger partial charge is 0.326 e. The lowest BCUT2D eigenvalue weighted by molar-refractivity contribution is 0.103. The molecule has 0 saturated carbocycles. The van der Waals surface area contributed by atoms with Crippen molar-refractivity contribution in [1.29, 1.82) is 0 Å². The van der Waals surface area contributed by atoms with Gasteiger partial charge in [0.2, 0.25) is 0 Å². The number of hydrogen-bond donors (Lipinski definition) is 1. The molecule has 1 N–H and O–H groups in total. The quantitative estimate of drug-likeness (QED) is 0.613. The molecule has 4 rings (SSSR count). The number of carbonyl (C=O) groups excluding carboxylic acids is 1. The number of aryl methyl sites for hydroxylation is 1. The Labute approximate surface area is 140 Å². The van der Waals surface area contributed by atoms with E-state index in [0.717, 1.165) is 21.7 Å². The molecule has 0 saturated heterocycles. The molecule has 0 atom stereocenters. The van der Waals surface area contributed by atoms with E-state index in [4.69, 9.17) is 0 Å². The molecule has 4 aromatic rings. The van der Waals surface area contributed by atoms with Gasteiger partial charge in [-0.25, -0.2) is 9.97 Å². The van der Waals surface area contributed by atoms with E-state index in [2.05, 4.69) is 15.3 Å². The number of amides is 1. The Kier molecular flexibility index (Phi) is 3.44. The number of para-hydroxylation sites is 2. The fourth-order valence-corrected chi connectivity index (χ4v) is 3.84.